The zero-order valence-electron chi connectivity index (χ0n) is 14.3. The van der Waals surface area contributed by atoms with Gasteiger partial charge in [-0.15, -0.1) is 0 Å². The van der Waals surface area contributed by atoms with Crippen LogP contribution in [-0.2, 0) is 12.1 Å². The van der Waals surface area contributed by atoms with Crippen LogP contribution in [0.2, 0.25) is 0 Å². The second-order valence-electron chi connectivity index (χ2n) is 6.76. The zero-order valence-corrected chi connectivity index (χ0v) is 14.3. The highest BCUT2D eigenvalue weighted by Crippen LogP contribution is 2.32. The molecule has 0 unspecified atom stereocenters. The van der Waals surface area contributed by atoms with E-state index in [1.807, 2.05) is 43.5 Å². The summed E-state index contributed by atoms with van der Waals surface area (Å²) in [5.41, 5.74) is 1.94. The smallest absolute Gasteiger partial charge is 0.152 e. The highest BCUT2D eigenvalue weighted by molar-refractivity contribution is 5.51. The lowest BCUT2D eigenvalue weighted by Crippen LogP contribution is -2.42. The Morgan fingerprint density at radius 2 is 2.04 bits per heavy atom. The highest BCUT2D eigenvalue weighted by atomic mass is 16.3. The summed E-state index contributed by atoms with van der Waals surface area (Å²) in [5.74, 6) is 1.72. The zero-order chi connectivity index (χ0) is 17.3. The number of nitrogens with zero attached hydrogens (tertiary/aromatic N) is 3. The predicted octanol–water partition coefficient (Wildman–Crippen LogP) is 2.86. The van der Waals surface area contributed by atoms with Gasteiger partial charge in [-0.05, 0) is 49.6 Å². The van der Waals surface area contributed by atoms with Crippen molar-refractivity contribution >= 4 is 0 Å². The van der Waals surface area contributed by atoms with E-state index in [2.05, 4.69) is 20.1 Å². The van der Waals surface area contributed by atoms with Crippen molar-refractivity contribution in [3.63, 3.8) is 0 Å². The van der Waals surface area contributed by atoms with Crippen molar-refractivity contribution in [1.82, 2.24) is 20.1 Å². The standard InChI is InChI=1S/C19H22N4O2/c1-14-2-5-18(20-12-14)19(24)7-10-23(11-8-19)13-15-3-4-17(25-15)16-6-9-21-22-16/h2-6,9,12,24H,7-8,10-11,13H2,1H3,(H,21,22). The molecule has 3 aromatic heterocycles. The van der Waals surface area contributed by atoms with E-state index < -0.39 is 5.60 Å². The lowest BCUT2D eigenvalue weighted by atomic mass is 9.87. The summed E-state index contributed by atoms with van der Waals surface area (Å²) >= 11 is 0. The molecule has 0 bridgehead atoms. The molecule has 6 heteroatoms. The van der Waals surface area contributed by atoms with Crippen LogP contribution >= 0.6 is 0 Å². The minimum atomic E-state index is -0.825. The van der Waals surface area contributed by atoms with E-state index in [1.54, 1.807) is 6.20 Å². The molecule has 6 nitrogen and oxygen atoms in total. The maximum Gasteiger partial charge on any atom is 0.152 e. The van der Waals surface area contributed by atoms with E-state index in [0.29, 0.717) is 12.8 Å². The summed E-state index contributed by atoms with van der Waals surface area (Å²) in [5, 5.41) is 17.8. The maximum absolute atomic E-state index is 10.9. The molecule has 1 aliphatic heterocycles. The number of hydrogen-bond acceptors (Lipinski definition) is 5. The van der Waals surface area contributed by atoms with Gasteiger partial charge in [0.1, 0.15) is 17.1 Å². The van der Waals surface area contributed by atoms with Crippen LogP contribution in [0.5, 0.6) is 0 Å². The van der Waals surface area contributed by atoms with Crippen LogP contribution in [0.15, 0.2) is 47.1 Å². The number of aliphatic hydroxyl groups is 1. The van der Waals surface area contributed by atoms with Gasteiger partial charge in [-0.3, -0.25) is 15.0 Å². The molecule has 0 spiro atoms. The highest BCUT2D eigenvalue weighted by Gasteiger charge is 2.35. The van der Waals surface area contributed by atoms with Crippen molar-refractivity contribution in [2.24, 2.45) is 0 Å². The molecular formula is C19H22N4O2. The Morgan fingerprint density at radius 3 is 2.72 bits per heavy atom. The minimum absolute atomic E-state index is 0.678. The Hall–Kier alpha value is -2.44. The summed E-state index contributed by atoms with van der Waals surface area (Å²) in [7, 11) is 0. The first kappa shape index (κ1) is 16.1. The van der Waals surface area contributed by atoms with E-state index in [1.165, 1.54) is 0 Å². The maximum atomic E-state index is 10.9. The van der Waals surface area contributed by atoms with E-state index in [4.69, 9.17) is 4.42 Å². The molecule has 4 heterocycles. The molecule has 0 saturated carbocycles. The van der Waals surface area contributed by atoms with Gasteiger partial charge in [0.25, 0.3) is 0 Å². The van der Waals surface area contributed by atoms with Gasteiger partial charge in [0.15, 0.2) is 5.76 Å². The minimum Gasteiger partial charge on any atom is -0.458 e. The molecule has 0 aromatic carbocycles. The normalized spacial score (nSPS) is 17.7. The lowest BCUT2D eigenvalue weighted by molar-refractivity contribution is -0.0322. The van der Waals surface area contributed by atoms with Crippen LogP contribution < -0.4 is 0 Å². The number of rotatable bonds is 4. The van der Waals surface area contributed by atoms with Gasteiger partial charge in [-0.2, -0.15) is 5.10 Å². The van der Waals surface area contributed by atoms with Crippen LogP contribution in [0.4, 0.5) is 0 Å². The van der Waals surface area contributed by atoms with Gasteiger partial charge >= 0.3 is 0 Å². The second-order valence-corrected chi connectivity index (χ2v) is 6.76. The summed E-state index contributed by atoms with van der Waals surface area (Å²) in [6.07, 6.45) is 4.88. The Kier molecular flexibility index (Phi) is 4.15. The molecule has 1 aliphatic rings. The number of nitrogens with one attached hydrogen (secondary N) is 1. The summed E-state index contributed by atoms with van der Waals surface area (Å²) in [6.45, 7) is 4.37. The average molecular weight is 338 g/mol. The third-order valence-corrected chi connectivity index (χ3v) is 4.88. The Bertz CT molecular complexity index is 815. The van der Waals surface area contributed by atoms with E-state index in [9.17, 15) is 5.11 Å². The fourth-order valence-electron chi connectivity index (χ4n) is 3.30. The topological polar surface area (TPSA) is 78.2 Å². The van der Waals surface area contributed by atoms with Crippen molar-refractivity contribution in [2.75, 3.05) is 13.1 Å². The number of aromatic amines is 1. The summed E-state index contributed by atoms with van der Waals surface area (Å²) in [6, 6.07) is 9.79. The number of piperidine rings is 1. The van der Waals surface area contributed by atoms with Gasteiger partial charge in [0.2, 0.25) is 0 Å². The number of aromatic nitrogens is 3. The van der Waals surface area contributed by atoms with Crippen molar-refractivity contribution in [3.8, 4) is 11.5 Å². The first-order valence-electron chi connectivity index (χ1n) is 8.59. The van der Waals surface area contributed by atoms with E-state index in [-0.39, 0.29) is 0 Å². The number of likely N-dealkylation sites (tertiary alicyclic amines) is 1. The largest absolute Gasteiger partial charge is 0.458 e. The third kappa shape index (κ3) is 3.36. The monoisotopic (exact) mass is 338 g/mol. The second kappa shape index (κ2) is 6.46. The van der Waals surface area contributed by atoms with Crippen LogP contribution in [0.3, 0.4) is 0 Å². The molecule has 3 aromatic rings. The van der Waals surface area contributed by atoms with E-state index >= 15 is 0 Å². The van der Waals surface area contributed by atoms with Gasteiger partial charge in [0.05, 0.1) is 12.2 Å². The van der Waals surface area contributed by atoms with Crippen molar-refractivity contribution < 1.29 is 9.52 Å². The Morgan fingerprint density at radius 1 is 1.20 bits per heavy atom. The summed E-state index contributed by atoms with van der Waals surface area (Å²) < 4.78 is 5.89. The predicted molar refractivity (Wildman–Crippen MR) is 93.7 cm³/mol. The van der Waals surface area contributed by atoms with Crippen LogP contribution in [0.25, 0.3) is 11.5 Å². The van der Waals surface area contributed by atoms with Gasteiger partial charge in [-0.1, -0.05) is 6.07 Å². The van der Waals surface area contributed by atoms with Gasteiger partial charge in [0, 0.05) is 25.5 Å². The molecule has 0 radical (unpaired) electrons. The van der Waals surface area contributed by atoms with Crippen molar-refractivity contribution in [1.29, 1.82) is 0 Å². The first-order chi connectivity index (χ1) is 12.1. The van der Waals surface area contributed by atoms with Crippen LogP contribution in [-0.4, -0.2) is 38.3 Å². The molecule has 2 N–H and O–H groups in total. The van der Waals surface area contributed by atoms with Gasteiger partial charge in [-0.25, -0.2) is 0 Å². The fourth-order valence-corrected chi connectivity index (χ4v) is 3.30. The lowest BCUT2D eigenvalue weighted by Gasteiger charge is -2.37. The number of pyridine rings is 1. The van der Waals surface area contributed by atoms with Crippen molar-refractivity contribution in [2.45, 2.75) is 31.9 Å². The molecule has 4 rings (SSSR count). The Balaban J connectivity index is 1.38. The van der Waals surface area contributed by atoms with Crippen molar-refractivity contribution in [3.05, 3.63) is 59.7 Å². The molecule has 0 atom stereocenters. The van der Waals surface area contributed by atoms with E-state index in [0.717, 1.165) is 48.1 Å². The number of H-pyrrole nitrogens is 1. The number of hydrogen-bond donors (Lipinski definition) is 2. The average Bonchev–Trinajstić information content (AvgIpc) is 3.29. The van der Waals surface area contributed by atoms with Crippen LogP contribution in [0.1, 0.15) is 29.9 Å². The third-order valence-electron chi connectivity index (χ3n) is 4.88. The first-order valence-corrected chi connectivity index (χ1v) is 8.59. The quantitative estimate of drug-likeness (QED) is 0.765. The Labute approximate surface area is 146 Å². The molecule has 0 aliphatic carbocycles. The molecule has 25 heavy (non-hydrogen) atoms. The molecule has 130 valence electrons. The van der Waals surface area contributed by atoms with Gasteiger partial charge < -0.3 is 9.52 Å². The molecule has 1 saturated heterocycles. The molecule has 0 amide bonds. The van der Waals surface area contributed by atoms with Crippen LogP contribution in [0, 0.1) is 6.92 Å². The SMILES string of the molecule is Cc1ccc(C2(O)CCN(Cc3ccc(-c4ccn[nH]4)o3)CC2)nc1. The molecule has 1 fully saturated rings. The number of aryl methyl sites for hydroxylation is 1. The molecular weight excluding hydrogens is 316 g/mol. The summed E-state index contributed by atoms with van der Waals surface area (Å²) in [4.78, 5) is 6.72. The fraction of sp³-hybridized carbons (Fsp3) is 0.368. The number of furan rings is 1.